The molecule has 0 aromatic heterocycles. The average Bonchev–Trinajstić information content (AvgIpc) is 3.97. The van der Waals surface area contributed by atoms with Crippen molar-refractivity contribution in [3.63, 3.8) is 0 Å². The number of nitrogens with one attached hydrogen (secondary N) is 3. The van der Waals surface area contributed by atoms with Crippen LogP contribution in [0.4, 0.5) is 17.1 Å². The molecule has 3 aliphatic rings. The van der Waals surface area contributed by atoms with Crippen LogP contribution in [0.5, 0.6) is 5.75 Å². The number of hydrazine groups is 3. The van der Waals surface area contributed by atoms with Crippen molar-refractivity contribution in [1.82, 2.24) is 16.3 Å². The van der Waals surface area contributed by atoms with Gasteiger partial charge in [-0.25, -0.2) is 8.42 Å². The third-order valence-electron chi connectivity index (χ3n) is 10.9. The summed E-state index contributed by atoms with van der Waals surface area (Å²) in [5.41, 5.74) is 6.30. The molecule has 0 atom stereocenters. The van der Waals surface area contributed by atoms with Gasteiger partial charge in [-0.1, -0.05) is 17.7 Å². The lowest BCUT2D eigenvalue weighted by molar-refractivity contribution is -0.156. The number of methoxy groups -OCH3 is 1. The Hall–Kier alpha value is -7.67. The summed E-state index contributed by atoms with van der Waals surface area (Å²) in [5, 5.41) is 5.23. The largest absolute Gasteiger partial charge is 0.497 e. The van der Waals surface area contributed by atoms with Crippen LogP contribution in [-0.4, -0.2) is 135 Å². The minimum Gasteiger partial charge on any atom is -0.497 e. The lowest BCUT2D eigenvalue weighted by atomic mass is 9.90. The van der Waals surface area contributed by atoms with E-state index in [0.717, 1.165) is 17.6 Å². The maximum absolute atomic E-state index is 12.5. The SMILES string of the molecule is CC(=O)OCC1(COC(C)=O)CN(c2ccc(Cl)cc2)NC1=O.CC(=O)OCC1(COC(C)=O)CN(c2cccc(S(C)(=O)=O)c2)NC1=O.COc1ccc(N2CC(COC(C)=O)(COC(C)=O)C(=O)N2)cc1. The van der Waals surface area contributed by atoms with E-state index in [-0.39, 0.29) is 76.0 Å². The Bertz CT molecular complexity index is 2600. The number of esters is 6. The third-order valence-corrected chi connectivity index (χ3v) is 12.3. The number of halogens is 1. The molecule has 3 saturated heterocycles. The first-order chi connectivity index (χ1) is 34.2. The molecule has 3 aliphatic heterocycles. The van der Waals surface area contributed by atoms with Gasteiger partial charge in [-0.05, 0) is 66.7 Å². The van der Waals surface area contributed by atoms with Gasteiger partial charge in [0.2, 0.25) is 0 Å². The van der Waals surface area contributed by atoms with Gasteiger partial charge in [0.1, 0.15) is 61.6 Å². The Labute approximate surface area is 425 Å². The Morgan fingerprint density at radius 3 is 1.10 bits per heavy atom. The van der Waals surface area contributed by atoms with E-state index in [1.165, 1.54) is 58.7 Å². The molecule has 24 nitrogen and oxygen atoms in total. The fourth-order valence-electron chi connectivity index (χ4n) is 6.93. The van der Waals surface area contributed by atoms with Crippen LogP contribution in [0.2, 0.25) is 5.02 Å². The van der Waals surface area contributed by atoms with Gasteiger partial charge in [0.15, 0.2) is 9.84 Å². The predicted octanol–water partition coefficient (Wildman–Crippen LogP) is 2.02. The number of rotatable bonds is 17. The molecular formula is C47H57ClN6O18S. The number of nitrogens with zero attached hydrogens (tertiary/aromatic N) is 3. The van der Waals surface area contributed by atoms with Crippen molar-refractivity contribution in [2.75, 3.05) is 87.7 Å². The van der Waals surface area contributed by atoms with Crippen LogP contribution in [0.25, 0.3) is 0 Å². The molecule has 0 radical (unpaired) electrons. The summed E-state index contributed by atoms with van der Waals surface area (Å²) in [7, 11) is -1.85. The molecule has 0 aliphatic carbocycles. The number of amides is 3. The van der Waals surface area contributed by atoms with Crippen molar-refractivity contribution in [3.8, 4) is 5.75 Å². The van der Waals surface area contributed by atoms with Crippen molar-refractivity contribution in [1.29, 1.82) is 0 Å². The summed E-state index contributed by atoms with van der Waals surface area (Å²) in [6.45, 7) is 6.60. The van der Waals surface area contributed by atoms with Gasteiger partial charge < -0.3 is 33.2 Å². The molecule has 3 heterocycles. The van der Waals surface area contributed by atoms with Gasteiger partial charge in [0.05, 0.1) is 48.7 Å². The highest BCUT2D eigenvalue weighted by atomic mass is 35.5. The molecule has 3 fully saturated rings. The molecule has 396 valence electrons. The van der Waals surface area contributed by atoms with Crippen LogP contribution in [0, 0.1) is 16.2 Å². The van der Waals surface area contributed by atoms with Crippen molar-refractivity contribution < 1.29 is 84.7 Å². The molecule has 0 bridgehead atoms. The summed E-state index contributed by atoms with van der Waals surface area (Å²) in [5.74, 6) is -3.73. The predicted molar refractivity (Wildman–Crippen MR) is 258 cm³/mol. The fraction of sp³-hybridized carbons (Fsp3) is 0.426. The summed E-state index contributed by atoms with van der Waals surface area (Å²) in [6, 6.07) is 20.0. The molecule has 6 rings (SSSR count). The summed E-state index contributed by atoms with van der Waals surface area (Å²) in [4.78, 5) is 104. The average molecular weight is 1060 g/mol. The number of hydrogen-bond donors (Lipinski definition) is 3. The van der Waals surface area contributed by atoms with E-state index < -0.39 is 67.8 Å². The highest BCUT2D eigenvalue weighted by molar-refractivity contribution is 7.90. The molecule has 3 aromatic carbocycles. The van der Waals surface area contributed by atoms with Crippen molar-refractivity contribution >= 4 is 92.0 Å². The molecule has 0 unspecified atom stereocenters. The van der Waals surface area contributed by atoms with E-state index in [1.54, 1.807) is 77.8 Å². The summed E-state index contributed by atoms with van der Waals surface area (Å²) < 4.78 is 58.5. The van der Waals surface area contributed by atoms with Crippen molar-refractivity contribution in [3.05, 3.63) is 77.8 Å². The number of hydrogen-bond acceptors (Lipinski definition) is 21. The number of benzene rings is 3. The number of ether oxygens (including phenoxy) is 7. The zero-order valence-corrected chi connectivity index (χ0v) is 42.8. The normalized spacial score (nSPS) is 15.9. The molecule has 3 amide bonds. The highest BCUT2D eigenvalue weighted by Gasteiger charge is 2.51. The van der Waals surface area contributed by atoms with Crippen LogP contribution < -0.4 is 36.0 Å². The highest BCUT2D eigenvalue weighted by Crippen LogP contribution is 2.33. The Balaban J connectivity index is 0.000000238. The molecule has 26 heteroatoms. The lowest BCUT2D eigenvalue weighted by Crippen LogP contribution is -2.42. The van der Waals surface area contributed by atoms with Crippen molar-refractivity contribution in [2.24, 2.45) is 16.2 Å². The standard InChI is InChI=1S/C16H20N2O7S.C16H20N2O6.C15H17ClN2O5/c1-11(19)24-9-16(10-25-12(2)20)8-18(17-15(16)21)13-5-4-6-14(7-13)26(3,22)23;1-11(19)23-9-16(10-24-12(2)20)8-18(17-15(16)21)13-4-6-14(22-3)7-5-13;1-10(19)22-8-15(9-23-11(2)20)7-18(17-14(15)21)13-5-3-12(16)4-6-13/h4-7H,8-10H2,1-3H3,(H,17,21);4-7H,8-10H2,1-3H3,(H,17,21);3-6H,7-9H2,1-2H3,(H,17,21). The first kappa shape index (κ1) is 57.9. The van der Waals surface area contributed by atoms with E-state index in [1.807, 2.05) is 0 Å². The molecule has 73 heavy (non-hydrogen) atoms. The number of carbonyl (C=O) groups excluding carboxylic acids is 9. The second-order valence-corrected chi connectivity index (χ2v) is 19.5. The third kappa shape index (κ3) is 16.4. The van der Waals surface area contributed by atoms with Gasteiger partial charge in [-0.2, -0.15) is 0 Å². The summed E-state index contributed by atoms with van der Waals surface area (Å²) in [6.07, 6.45) is 1.08. The smallest absolute Gasteiger partial charge is 0.302 e. The molecule has 3 aromatic rings. The second-order valence-electron chi connectivity index (χ2n) is 17.0. The van der Waals surface area contributed by atoms with Gasteiger partial charge in [-0.15, -0.1) is 0 Å². The van der Waals surface area contributed by atoms with Crippen molar-refractivity contribution in [2.45, 2.75) is 46.4 Å². The number of carbonyl (C=O) groups is 9. The molecular weight excluding hydrogens is 1000 g/mol. The number of sulfone groups is 1. The molecule has 0 saturated carbocycles. The topological polar surface area (TPSA) is 298 Å². The quantitative estimate of drug-likeness (QED) is 0.129. The van der Waals surface area contributed by atoms with E-state index >= 15 is 0 Å². The van der Waals surface area contributed by atoms with Crippen LogP contribution in [0.15, 0.2) is 77.7 Å². The lowest BCUT2D eigenvalue weighted by Gasteiger charge is -2.25. The van der Waals surface area contributed by atoms with E-state index in [9.17, 15) is 51.6 Å². The monoisotopic (exact) mass is 1060 g/mol. The fourth-order valence-corrected chi connectivity index (χ4v) is 7.72. The zero-order valence-electron chi connectivity index (χ0n) is 41.3. The van der Waals surface area contributed by atoms with Crippen LogP contribution in [0.1, 0.15) is 41.5 Å². The van der Waals surface area contributed by atoms with Crippen LogP contribution >= 0.6 is 11.6 Å². The van der Waals surface area contributed by atoms with Gasteiger partial charge in [-0.3, -0.25) is 74.5 Å². The first-order valence-corrected chi connectivity index (χ1v) is 24.2. The van der Waals surface area contributed by atoms with Gasteiger partial charge in [0.25, 0.3) is 17.7 Å². The van der Waals surface area contributed by atoms with Crippen LogP contribution in [-0.2, 0) is 81.4 Å². The Morgan fingerprint density at radius 2 is 0.808 bits per heavy atom. The summed E-state index contributed by atoms with van der Waals surface area (Å²) >= 11 is 5.85. The zero-order chi connectivity index (χ0) is 54.3. The minimum absolute atomic E-state index is 0.0274. The second kappa shape index (κ2) is 25.1. The molecule has 3 N–H and O–H groups in total. The van der Waals surface area contributed by atoms with Gasteiger partial charge in [0, 0.05) is 52.8 Å². The van der Waals surface area contributed by atoms with Crippen LogP contribution in [0.3, 0.4) is 0 Å². The minimum atomic E-state index is -3.42. The molecule has 0 spiro atoms. The Morgan fingerprint density at radius 1 is 0.507 bits per heavy atom. The Kier molecular flexibility index (Phi) is 19.9. The number of anilines is 3. The van der Waals surface area contributed by atoms with Gasteiger partial charge >= 0.3 is 35.8 Å². The van der Waals surface area contributed by atoms with E-state index in [4.69, 9.17) is 44.8 Å². The van der Waals surface area contributed by atoms with E-state index in [0.29, 0.717) is 16.5 Å². The maximum atomic E-state index is 12.5. The van der Waals surface area contributed by atoms with E-state index in [2.05, 4.69) is 16.3 Å². The maximum Gasteiger partial charge on any atom is 0.302 e. The first-order valence-electron chi connectivity index (χ1n) is 22.0.